The molecule has 1 aliphatic heterocycles. The highest BCUT2D eigenvalue weighted by molar-refractivity contribution is 5.76. The highest BCUT2D eigenvalue weighted by Gasteiger charge is 2.55. The van der Waals surface area contributed by atoms with Gasteiger partial charge in [0.05, 0.1) is 26.4 Å². The Kier molecular flexibility index (Phi) is 13.5. The summed E-state index contributed by atoms with van der Waals surface area (Å²) in [7, 11) is 1.63. The van der Waals surface area contributed by atoms with E-state index < -0.39 is 11.4 Å². The molecule has 218 valence electrons. The largest absolute Gasteiger partial charge is 0.497 e. The molecule has 39 heavy (non-hydrogen) atoms. The topological polar surface area (TPSA) is 77.0 Å². The maximum atomic E-state index is 12.6. The second kappa shape index (κ2) is 16.8. The molecule has 1 saturated heterocycles. The molecule has 1 heterocycles. The van der Waals surface area contributed by atoms with Gasteiger partial charge in [-0.25, -0.2) is 0 Å². The molecule has 6 nitrogen and oxygen atoms in total. The number of allylic oxidation sites excluding steroid dienone is 2. The number of rotatable bonds is 19. The fourth-order valence-corrected chi connectivity index (χ4v) is 5.52. The molecule has 1 amide bonds. The molecule has 0 bridgehead atoms. The van der Waals surface area contributed by atoms with E-state index in [0.29, 0.717) is 12.8 Å². The fraction of sp³-hybridized carbons (Fsp3) is 0.667. The van der Waals surface area contributed by atoms with Crippen molar-refractivity contribution in [1.82, 2.24) is 5.32 Å². The van der Waals surface area contributed by atoms with Gasteiger partial charge in [0.2, 0.25) is 11.7 Å². The van der Waals surface area contributed by atoms with E-state index in [1.807, 2.05) is 30.3 Å². The minimum Gasteiger partial charge on any atom is -0.497 e. The van der Waals surface area contributed by atoms with Crippen molar-refractivity contribution < 1.29 is 24.1 Å². The van der Waals surface area contributed by atoms with Crippen LogP contribution in [0.3, 0.4) is 0 Å². The van der Waals surface area contributed by atoms with Crippen molar-refractivity contribution in [2.24, 2.45) is 0 Å². The Morgan fingerprint density at radius 2 is 1.51 bits per heavy atom. The lowest BCUT2D eigenvalue weighted by Crippen LogP contribution is -2.64. The summed E-state index contributed by atoms with van der Waals surface area (Å²) in [5.74, 6) is -0.477. The lowest BCUT2D eigenvalue weighted by Gasteiger charge is -2.49. The first kappa shape index (κ1) is 31.4. The standard InChI is InChI=1S/C33H51NO5/c1-3-4-5-6-7-8-9-10-11-12-13-14-15-18-31(35)34-29-25-32(36)23-16-17-24-33(32,39-27-29)38-26-28-19-21-30(37-2)22-20-28/h16-17,19-24,29,36H,3-15,18,25-27H2,1-2H3,(H,34,35)/t29-,32+,33-/m0/s1. The zero-order valence-corrected chi connectivity index (χ0v) is 24.3. The van der Waals surface area contributed by atoms with Crippen molar-refractivity contribution in [3.8, 4) is 5.75 Å². The molecule has 3 atom stereocenters. The van der Waals surface area contributed by atoms with Gasteiger partial charge in [0.1, 0.15) is 11.4 Å². The SMILES string of the molecule is CCCCCCCCCCCCCCCC(=O)N[C@@H]1CO[C@@]2(OCc3ccc(OC)cc3)C=CC=C[C@@]2(O)C1. The minimum absolute atomic E-state index is 0.0252. The summed E-state index contributed by atoms with van der Waals surface area (Å²) in [4.78, 5) is 12.6. The first-order chi connectivity index (χ1) is 19.0. The van der Waals surface area contributed by atoms with E-state index in [1.54, 1.807) is 25.3 Å². The van der Waals surface area contributed by atoms with Gasteiger partial charge in [-0.3, -0.25) is 4.79 Å². The van der Waals surface area contributed by atoms with Crippen molar-refractivity contribution in [1.29, 1.82) is 0 Å². The van der Waals surface area contributed by atoms with Crippen molar-refractivity contribution in [3.05, 3.63) is 54.1 Å². The van der Waals surface area contributed by atoms with Gasteiger partial charge in [-0.05, 0) is 36.3 Å². The van der Waals surface area contributed by atoms with E-state index in [1.165, 1.54) is 70.6 Å². The smallest absolute Gasteiger partial charge is 0.222 e. The number of amides is 1. The van der Waals surface area contributed by atoms with E-state index in [2.05, 4.69) is 12.2 Å². The number of hydrogen-bond donors (Lipinski definition) is 2. The van der Waals surface area contributed by atoms with Crippen molar-refractivity contribution >= 4 is 5.91 Å². The number of unbranched alkanes of at least 4 members (excludes halogenated alkanes) is 12. The molecule has 3 rings (SSSR count). The van der Waals surface area contributed by atoms with Crippen LogP contribution in [-0.4, -0.2) is 42.2 Å². The molecule has 0 unspecified atom stereocenters. The molecule has 2 aliphatic rings. The Labute approximate surface area is 236 Å². The number of carbonyl (C=O) groups excluding carboxylic acids is 1. The highest BCUT2D eigenvalue weighted by Crippen LogP contribution is 2.41. The Bertz CT molecular complexity index is 898. The number of methoxy groups -OCH3 is 1. The van der Waals surface area contributed by atoms with Gasteiger partial charge >= 0.3 is 0 Å². The van der Waals surface area contributed by atoms with Gasteiger partial charge in [-0.1, -0.05) is 108 Å². The normalized spacial score (nSPS) is 23.9. The molecule has 0 spiro atoms. The van der Waals surface area contributed by atoms with E-state index >= 15 is 0 Å². The molecule has 6 heteroatoms. The highest BCUT2D eigenvalue weighted by atomic mass is 16.7. The number of nitrogens with one attached hydrogen (secondary N) is 1. The predicted octanol–water partition coefficient (Wildman–Crippen LogP) is 7.15. The summed E-state index contributed by atoms with van der Waals surface area (Å²) in [6, 6.07) is 7.35. The van der Waals surface area contributed by atoms with Crippen LogP contribution in [0.5, 0.6) is 5.75 Å². The van der Waals surface area contributed by atoms with Crippen LogP contribution in [0.1, 0.15) is 109 Å². The lowest BCUT2D eigenvalue weighted by molar-refractivity contribution is -0.308. The molecular weight excluding hydrogens is 490 g/mol. The molecule has 1 aromatic rings. The van der Waals surface area contributed by atoms with E-state index in [0.717, 1.165) is 24.2 Å². The van der Waals surface area contributed by atoms with Crippen LogP contribution >= 0.6 is 0 Å². The van der Waals surface area contributed by atoms with Crippen LogP contribution in [0.25, 0.3) is 0 Å². The van der Waals surface area contributed by atoms with Crippen molar-refractivity contribution in [2.45, 2.75) is 127 Å². The number of aliphatic hydroxyl groups is 1. The van der Waals surface area contributed by atoms with Crippen LogP contribution in [-0.2, 0) is 20.9 Å². The van der Waals surface area contributed by atoms with E-state index in [9.17, 15) is 9.90 Å². The van der Waals surface area contributed by atoms with Crippen LogP contribution < -0.4 is 10.1 Å². The van der Waals surface area contributed by atoms with Crippen LogP contribution in [0.15, 0.2) is 48.6 Å². The summed E-state index contributed by atoms with van der Waals surface area (Å²) in [5, 5.41) is 14.6. The number of benzene rings is 1. The van der Waals surface area contributed by atoms with Gasteiger partial charge in [0.15, 0.2) is 0 Å². The predicted molar refractivity (Wildman–Crippen MR) is 157 cm³/mol. The minimum atomic E-state index is -1.36. The number of fused-ring (bicyclic) bond motifs is 1. The quantitative estimate of drug-likeness (QED) is 0.182. The molecule has 1 aromatic carbocycles. The van der Waals surface area contributed by atoms with Crippen molar-refractivity contribution in [3.63, 3.8) is 0 Å². The summed E-state index contributed by atoms with van der Waals surface area (Å²) < 4.78 is 17.5. The van der Waals surface area contributed by atoms with Crippen LogP contribution in [0.4, 0.5) is 0 Å². The second-order valence-electron chi connectivity index (χ2n) is 11.2. The Balaban J connectivity index is 1.30. The molecule has 0 aromatic heterocycles. The molecule has 1 fully saturated rings. The summed E-state index contributed by atoms with van der Waals surface area (Å²) in [6.45, 7) is 2.83. The van der Waals surface area contributed by atoms with Crippen LogP contribution in [0.2, 0.25) is 0 Å². The van der Waals surface area contributed by atoms with Crippen LogP contribution in [0, 0.1) is 0 Å². The second-order valence-corrected chi connectivity index (χ2v) is 11.2. The van der Waals surface area contributed by atoms with Gasteiger partial charge in [-0.2, -0.15) is 0 Å². The third-order valence-electron chi connectivity index (χ3n) is 7.94. The molecule has 2 N–H and O–H groups in total. The Hall–Kier alpha value is -2.15. The molecular formula is C33H51NO5. The third kappa shape index (κ3) is 10.1. The van der Waals surface area contributed by atoms with E-state index in [-0.39, 0.29) is 25.2 Å². The van der Waals surface area contributed by atoms with Crippen molar-refractivity contribution in [2.75, 3.05) is 13.7 Å². The number of hydrogen-bond acceptors (Lipinski definition) is 5. The summed E-state index contributed by atoms with van der Waals surface area (Å²) in [5.41, 5.74) is -0.410. The Morgan fingerprint density at radius 3 is 2.13 bits per heavy atom. The summed E-state index contributed by atoms with van der Waals surface area (Å²) in [6.07, 6.45) is 24.7. The van der Waals surface area contributed by atoms with Gasteiger partial charge in [0.25, 0.3) is 0 Å². The third-order valence-corrected chi connectivity index (χ3v) is 7.94. The average molecular weight is 542 g/mol. The Morgan fingerprint density at radius 1 is 0.923 bits per heavy atom. The molecule has 0 radical (unpaired) electrons. The number of ether oxygens (including phenoxy) is 3. The zero-order chi connectivity index (χ0) is 27.8. The summed E-state index contributed by atoms with van der Waals surface area (Å²) >= 11 is 0. The van der Waals surface area contributed by atoms with Gasteiger partial charge in [0, 0.05) is 12.8 Å². The lowest BCUT2D eigenvalue weighted by atomic mass is 9.80. The maximum Gasteiger partial charge on any atom is 0.222 e. The molecule has 1 aliphatic carbocycles. The fourth-order valence-electron chi connectivity index (χ4n) is 5.52. The van der Waals surface area contributed by atoms with E-state index in [4.69, 9.17) is 14.2 Å². The van der Waals surface area contributed by atoms with Gasteiger partial charge < -0.3 is 24.6 Å². The monoisotopic (exact) mass is 541 g/mol. The van der Waals surface area contributed by atoms with Gasteiger partial charge in [-0.15, -0.1) is 0 Å². The molecule has 0 saturated carbocycles. The first-order valence-electron chi connectivity index (χ1n) is 15.3. The average Bonchev–Trinajstić information content (AvgIpc) is 2.94. The zero-order valence-electron chi connectivity index (χ0n) is 24.3. The number of carbonyl (C=O) groups is 1. The maximum absolute atomic E-state index is 12.6. The first-order valence-corrected chi connectivity index (χ1v) is 15.3.